The third kappa shape index (κ3) is 3.22. The molecule has 3 aliphatic rings. The molecule has 1 saturated heterocycles. The first-order valence-electron chi connectivity index (χ1n) is 8.51. The molecular formula is C16H23N3O5. The molecule has 2 atom stereocenters. The summed E-state index contributed by atoms with van der Waals surface area (Å²) in [4.78, 5) is 49.1. The molecule has 0 aromatic carbocycles. The predicted octanol–water partition coefficient (Wildman–Crippen LogP) is 0.309. The summed E-state index contributed by atoms with van der Waals surface area (Å²) in [5.74, 6) is -1.45. The van der Waals surface area contributed by atoms with Crippen LogP contribution in [0.1, 0.15) is 45.4 Å². The van der Waals surface area contributed by atoms with Crippen LogP contribution in [0.4, 0.5) is 4.79 Å². The molecule has 1 aliphatic heterocycles. The Morgan fingerprint density at radius 2 is 2.04 bits per heavy atom. The van der Waals surface area contributed by atoms with E-state index >= 15 is 0 Å². The zero-order chi connectivity index (χ0) is 17.3. The van der Waals surface area contributed by atoms with E-state index in [9.17, 15) is 19.2 Å². The molecule has 3 fully saturated rings. The van der Waals surface area contributed by atoms with Gasteiger partial charge in [0.05, 0.1) is 0 Å². The zero-order valence-electron chi connectivity index (χ0n) is 13.8. The van der Waals surface area contributed by atoms with Gasteiger partial charge in [0.2, 0.25) is 0 Å². The van der Waals surface area contributed by atoms with E-state index in [1.54, 1.807) is 0 Å². The van der Waals surface area contributed by atoms with Crippen molar-refractivity contribution < 1.29 is 23.9 Å². The number of hydrogen-bond acceptors (Lipinski definition) is 5. The van der Waals surface area contributed by atoms with Crippen molar-refractivity contribution in [3.05, 3.63) is 0 Å². The molecular weight excluding hydrogens is 314 g/mol. The van der Waals surface area contributed by atoms with Gasteiger partial charge >= 0.3 is 12.0 Å². The normalized spacial score (nSPS) is 29.5. The highest BCUT2D eigenvalue weighted by atomic mass is 16.5. The van der Waals surface area contributed by atoms with Gasteiger partial charge in [-0.25, -0.2) is 4.79 Å². The van der Waals surface area contributed by atoms with E-state index in [1.165, 1.54) is 0 Å². The summed E-state index contributed by atoms with van der Waals surface area (Å²) >= 11 is 0. The van der Waals surface area contributed by atoms with Crippen molar-refractivity contribution >= 4 is 23.8 Å². The first-order chi connectivity index (χ1) is 11.4. The maximum absolute atomic E-state index is 12.7. The second-order valence-corrected chi connectivity index (χ2v) is 6.94. The Kier molecular flexibility index (Phi) is 4.47. The quantitative estimate of drug-likeness (QED) is 0.555. The average molecular weight is 337 g/mol. The van der Waals surface area contributed by atoms with E-state index in [4.69, 9.17) is 4.74 Å². The highest BCUT2D eigenvalue weighted by molar-refractivity contribution is 6.09. The maximum atomic E-state index is 12.7. The van der Waals surface area contributed by atoms with E-state index in [1.807, 2.05) is 6.92 Å². The number of amides is 4. The number of ether oxygens (including phenoxy) is 1. The Hall–Kier alpha value is -2.12. The van der Waals surface area contributed by atoms with E-state index in [0.717, 1.165) is 37.0 Å². The van der Waals surface area contributed by atoms with Gasteiger partial charge in [0.1, 0.15) is 12.1 Å². The van der Waals surface area contributed by atoms with Crippen molar-refractivity contribution in [2.45, 2.75) is 57.0 Å². The van der Waals surface area contributed by atoms with E-state index in [-0.39, 0.29) is 30.4 Å². The number of nitrogens with zero attached hydrogens (tertiary/aromatic N) is 1. The standard InChI is InChI=1S/C16H23N3O5/c1-10-4-2-3-7-16(10)14(22)19(15(23)18-16)8-13(21)24-9-12(20)17-11-5-6-11/h10-11H,2-9H2,1H3,(H,17,20)(H,18,23)/t10-,16-/m0/s1. The van der Waals surface area contributed by atoms with Crippen LogP contribution in [0.2, 0.25) is 0 Å². The summed E-state index contributed by atoms with van der Waals surface area (Å²) < 4.78 is 4.87. The number of carbonyl (C=O) groups is 4. The van der Waals surface area contributed by atoms with E-state index < -0.39 is 24.1 Å². The fourth-order valence-electron chi connectivity index (χ4n) is 3.46. The smallest absolute Gasteiger partial charge is 0.326 e. The molecule has 8 nitrogen and oxygen atoms in total. The minimum absolute atomic E-state index is 0.0352. The Bertz CT molecular complexity index is 574. The SMILES string of the molecule is C[C@H]1CCCC[C@]12NC(=O)N(CC(=O)OCC(=O)NC1CC1)C2=O. The lowest BCUT2D eigenvalue weighted by atomic mass is 9.73. The Morgan fingerprint density at radius 1 is 1.29 bits per heavy atom. The summed E-state index contributed by atoms with van der Waals surface area (Å²) in [5.41, 5.74) is -0.890. The lowest BCUT2D eigenvalue weighted by Gasteiger charge is -2.36. The van der Waals surface area contributed by atoms with Crippen molar-refractivity contribution in [3.8, 4) is 0 Å². The largest absolute Gasteiger partial charge is 0.454 e. The van der Waals surface area contributed by atoms with Gasteiger partial charge in [-0.1, -0.05) is 19.8 Å². The predicted molar refractivity (Wildman–Crippen MR) is 82.7 cm³/mol. The van der Waals surface area contributed by atoms with Gasteiger partial charge in [0.15, 0.2) is 6.61 Å². The van der Waals surface area contributed by atoms with Crippen LogP contribution in [0.3, 0.4) is 0 Å². The van der Waals surface area contributed by atoms with E-state index in [2.05, 4.69) is 10.6 Å². The van der Waals surface area contributed by atoms with Crippen molar-refractivity contribution in [2.24, 2.45) is 5.92 Å². The van der Waals surface area contributed by atoms with Crippen molar-refractivity contribution in [2.75, 3.05) is 13.2 Å². The highest BCUT2D eigenvalue weighted by Crippen LogP contribution is 2.38. The Balaban J connectivity index is 1.54. The second kappa shape index (κ2) is 6.41. The number of esters is 1. The molecule has 1 heterocycles. The molecule has 4 amide bonds. The molecule has 132 valence electrons. The minimum atomic E-state index is -0.890. The number of rotatable bonds is 5. The molecule has 2 saturated carbocycles. The summed E-state index contributed by atoms with van der Waals surface area (Å²) in [6.45, 7) is 1.09. The topological polar surface area (TPSA) is 105 Å². The van der Waals surface area contributed by atoms with Gasteiger partial charge in [-0.05, 0) is 31.6 Å². The summed E-state index contributed by atoms with van der Waals surface area (Å²) in [6.07, 6.45) is 5.25. The van der Waals surface area contributed by atoms with Crippen LogP contribution in [0.5, 0.6) is 0 Å². The second-order valence-electron chi connectivity index (χ2n) is 6.94. The molecule has 8 heteroatoms. The third-order valence-electron chi connectivity index (χ3n) is 5.10. The van der Waals surface area contributed by atoms with Crippen LogP contribution in [-0.4, -0.2) is 53.4 Å². The molecule has 0 unspecified atom stereocenters. The van der Waals surface area contributed by atoms with Gasteiger partial charge in [0.25, 0.3) is 11.8 Å². The van der Waals surface area contributed by atoms with Gasteiger partial charge in [-0.2, -0.15) is 0 Å². The van der Waals surface area contributed by atoms with Crippen LogP contribution >= 0.6 is 0 Å². The lowest BCUT2D eigenvalue weighted by Crippen LogP contribution is -2.54. The summed E-state index contributed by atoms with van der Waals surface area (Å²) in [7, 11) is 0. The molecule has 3 rings (SSSR count). The highest BCUT2D eigenvalue weighted by Gasteiger charge is 2.55. The Labute approximate surface area is 140 Å². The fourth-order valence-corrected chi connectivity index (χ4v) is 3.46. The molecule has 0 aromatic heterocycles. The summed E-state index contributed by atoms with van der Waals surface area (Å²) in [5, 5.41) is 5.47. The van der Waals surface area contributed by atoms with Crippen LogP contribution in [0, 0.1) is 5.92 Å². The van der Waals surface area contributed by atoms with Crippen LogP contribution in [0.15, 0.2) is 0 Å². The maximum Gasteiger partial charge on any atom is 0.326 e. The molecule has 0 aromatic rings. The molecule has 0 radical (unpaired) electrons. The fraction of sp³-hybridized carbons (Fsp3) is 0.750. The average Bonchev–Trinajstić information content (AvgIpc) is 3.32. The number of hydrogen-bond donors (Lipinski definition) is 2. The first kappa shape index (κ1) is 16.7. The van der Waals surface area contributed by atoms with E-state index in [0.29, 0.717) is 6.42 Å². The Morgan fingerprint density at radius 3 is 2.71 bits per heavy atom. The monoisotopic (exact) mass is 337 g/mol. The molecule has 2 N–H and O–H groups in total. The first-order valence-corrected chi connectivity index (χ1v) is 8.51. The zero-order valence-corrected chi connectivity index (χ0v) is 13.8. The molecule has 2 aliphatic carbocycles. The van der Waals surface area contributed by atoms with Gasteiger partial charge in [0, 0.05) is 6.04 Å². The molecule has 1 spiro atoms. The number of imide groups is 1. The summed E-state index contributed by atoms with van der Waals surface area (Å²) in [6, 6.07) is -0.372. The molecule has 24 heavy (non-hydrogen) atoms. The third-order valence-corrected chi connectivity index (χ3v) is 5.10. The van der Waals surface area contributed by atoms with Gasteiger partial charge < -0.3 is 15.4 Å². The van der Waals surface area contributed by atoms with Crippen LogP contribution in [-0.2, 0) is 19.1 Å². The molecule has 0 bridgehead atoms. The van der Waals surface area contributed by atoms with Crippen molar-refractivity contribution in [3.63, 3.8) is 0 Å². The van der Waals surface area contributed by atoms with Crippen LogP contribution in [0.25, 0.3) is 0 Å². The minimum Gasteiger partial charge on any atom is -0.454 e. The number of carbonyl (C=O) groups excluding carboxylic acids is 4. The number of nitrogens with one attached hydrogen (secondary N) is 2. The lowest BCUT2D eigenvalue weighted by molar-refractivity contribution is -0.151. The van der Waals surface area contributed by atoms with Crippen LogP contribution < -0.4 is 10.6 Å². The van der Waals surface area contributed by atoms with Gasteiger partial charge in [-0.3, -0.25) is 19.3 Å². The van der Waals surface area contributed by atoms with Crippen molar-refractivity contribution in [1.29, 1.82) is 0 Å². The number of urea groups is 1. The van der Waals surface area contributed by atoms with Crippen molar-refractivity contribution in [1.82, 2.24) is 15.5 Å². The van der Waals surface area contributed by atoms with Gasteiger partial charge in [-0.15, -0.1) is 0 Å².